The van der Waals surface area contributed by atoms with E-state index in [0.29, 0.717) is 5.41 Å². The molecule has 0 spiro atoms. The number of carbonyl (C=O) groups is 1. The van der Waals surface area contributed by atoms with E-state index < -0.39 is 0 Å². The summed E-state index contributed by atoms with van der Waals surface area (Å²) >= 11 is 0. The normalized spacial score (nSPS) is 17.0. The van der Waals surface area contributed by atoms with Gasteiger partial charge in [-0.25, -0.2) is 0 Å². The molecule has 1 heteroatoms. The number of benzene rings is 1. The van der Waals surface area contributed by atoms with E-state index in [1.54, 1.807) is 5.56 Å². The highest BCUT2D eigenvalue weighted by Gasteiger charge is 2.41. The molecule has 70 valence electrons. The van der Waals surface area contributed by atoms with Crippen molar-refractivity contribution in [2.24, 2.45) is 0 Å². The fourth-order valence-electron chi connectivity index (χ4n) is 1.79. The van der Waals surface area contributed by atoms with Crippen LogP contribution in [0.15, 0.2) is 30.3 Å². The molecule has 1 aliphatic carbocycles. The maximum atomic E-state index is 8.00. The van der Waals surface area contributed by atoms with Crippen LogP contribution in [0.5, 0.6) is 0 Å². The Hall–Kier alpha value is -1.11. The van der Waals surface area contributed by atoms with E-state index in [0.717, 1.165) is 0 Å². The quantitative estimate of drug-likeness (QED) is 0.677. The summed E-state index contributed by atoms with van der Waals surface area (Å²) in [6, 6.07) is 10.9. The number of hydrogen-bond donors (Lipinski definition) is 0. The molecule has 1 saturated carbocycles. The molecule has 0 bridgehead atoms. The number of rotatable bonds is 2. The maximum Gasteiger partial charge on any atom is 0.106 e. The van der Waals surface area contributed by atoms with Crippen molar-refractivity contribution in [3.05, 3.63) is 35.9 Å². The molecule has 0 amide bonds. The first-order valence-corrected chi connectivity index (χ1v) is 4.72. The Kier molecular flexibility index (Phi) is 3.24. The molecule has 2 rings (SSSR count). The third-order valence-corrected chi connectivity index (χ3v) is 2.92. The van der Waals surface area contributed by atoms with Gasteiger partial charge in [0.2, 0.25) is 0 Å². The lowest BCUT2D eigenvalue weighted by atomic mass is 9.94. The predicted molar refractivity (Wildman–Crippen MR) is 54.8 cm³/mol. The van der Waals surface area contributed by atoms with Crippen molar-refractivity contribution in [3.8, 4) is 0 Å². The highest BCUT2D eigenvalue weighted by Crippen LogP contribution is 2.50. The second kappa shape index (κ2) is 4.22. The maximum absolute atomic E-state index is 8.00. The van der Waals surface area contributed by atoms with Crippen LogP contribution in [0.4, 0.5) is 0 Å². The SMILES string of the molecule is C=O.CCC1(c2ccccc2)CC1. The second-order valence-corrected chi connectivity index (χ2v) is 3.50. The second-order valence-electron chi connectivity index (χ2n) is 3.50. The van der Waals surface area contributed by atoms with E-state index in [4.69, 9.17) is 4.79 Å². The van der Waals surface area contributed by atoms with Crippen LogP contribution in [0.2, 0.25) is 0 Å². The highest BCUT2D eigenvalue weighted by atomic mass is 16.1. The van der Waals surface area contributed by atoms with Gasteiger partial charge >= 0.3 is 0 Å². The zero-order chi connectivity index (χ0) is 9.73. The van der Waals surface area contributed by atoms with Gasteiger partial charge in [-0.15, -0.1) is 0 Å². The van der Waals surface area contributed by atoms with Gasteiger partial charge in [0, 0.05) is 0 Å². The highest BCUT2D eigenvalue weighted by molar-refractivity contribution is 5.30. The van der Waals surface area contributed by atoms with Crippen LogP contribution in [-0.4, -0.2) is 6.79 Å². The Morgan fingerprint density at radius 3 is 2.15 bits per heavy atom. The van der Waals surface area contributed by atoms with Gasteiger partial charge in [0.25, 0.3) is 0 Å². The van der Waals surface area contributed by atoms with Crippen LogP contribution in [0.25, 0.3) is 0 Å². The smallest absolute Gasteiger partial charge is 0.106 e. The molecule has 0 saturated heterocycles. The van der Waals surface area contributed by atoms with Crippen molar-refractivity contribution in [1.82, 2.24) is 0 Å². The molecular weight excluding hydrogens is 160 g/mol. The molecular formula is C12H16O. The minimum Gasteiger partial charge on any atom is -0.307 e. The van der Waals surface area contributed by atoms with Crippen molar-refractivity contribution in [2.45, 2.75) is 31.6 Å². The van der Waals surface area contributed by atoms with E-state index in [-0.39, 0.29) is 0 Å². The monoisotopic (exact) mass is 176 g/mol. The molecule has 0 aromatic heterocycles. The Balaban J connectivity index is 0.000000396. The zero-order valence-corrected chi connectivity index (χ0v) is 8.12. The van der Waals surface area contributed by atoms with Crippen molar-refractivity contribution < 1.29 is 4.79 Å². The van der Waals surface area contributed by atoms with Crippen molar-refractivity contribution in [3.63, 3.8) is 0 Å². The molecule has 1 aromatic carbocycles. The van der Waals surface area contributed by atoms with E-state index in [1.807, 2.05) is 6.79 Å². The third kappa shape index (κ3) is 1.97. The molecule has 0 unspecified atom stereocenters. The lowest BCUT2D eigenvalue weighted by Gasteiger charge is -2.11. The number of hydrogen-bond acceptors (Lipinski definition) is 1. The minimum atomic E-state index is 0.585. The molecule has 1 nitrogen and oxygen atoms in total. The van der Waals surface area contributed by atoms with Gasteiger partial charge in [-0.1, -0.05) is 37.3 Å². The lowest BCUT2D eigenvalue weighted by molar-refractivity contribution is -0.0979. The van der Waals surface area contributed by atoms with Crippen LogP contribution < -0.4 is 0 Å². The Bertz CT molecular complexity index is 249. The number of carbonyl (C=O) groups excluding carboxylic acids is 1. The topological polar surface area (TPSA) is 17.1 Å². The van der Waals surface area contributed by atoms with Gasteiger partial charge in [-0.2, -0.15) is 0 Å². The Labute approximate surface area is 79.8 Å². The van der Waals surface area contributed by atoms with Gasteiger partial charge in [0.15, 0.2) is 0 Å². The molecule has 1 aromatic rings. The first-order valence-electron chi connectivity index (χ1n) is 4.72. The summed E-state index contributed by atoms with van der Waals surface area (Å²) in [5.74, 6) is 0. The average molecular weight is 176 g/mol. The lowest BCUT2D eigenvalue weighted by Crippen LogP contribution is -2.02. The molecule has 0 heterocycles. The molecule has 1 fully saturated rings. The molecule has 0 radical (unpaired) electrons. The van der Waals surface area contributed by atoms with Crippen LogP contribution in [0.3, 0.4) is 0 Å². The molecule has 0 aliphatic heterocycles. The Morgan fingerprint density at radius 1 is 1.23 bits per heavy atom. The fourth-order valence-corrected chi connectivity index (χ4v) is 1.79. The van der Waals surface area contributed by atoms with Crippen LogP contribution in [0.1, 0.15) is 31.7 Å². The minimum absolute atomic E-state index is 0.585. The van der Waals surface area contributed by atoms with E-state index in [9.17, 15) is 0 Å². The standard InChI is InChI=1S/C11H14.CH2O/c1-2-11(8-9-11)10-6-4-3-5-7-10;1-2/h3-7H,2,8-9H2,1H3;1H2. The fraction of sp³-hybridized carbons (Fsp3) is 0.417. The molecule has 0 N–H and O–H groups in total. The average Bonchev–Trinajstić information content (AvgIpc) is 3.03. The zero-order valence-electron chi connectivity index (χ0n) is 8.12. The van der Waals surface area contributed by atoms with Crippen molar-refractivity contribution >= 4 is 6.79 Å². The van der Waals surface area contributed by atoms with Crippen molar-refractivity contribution in [2.75, 3.05) is 0 Å². The molecule has 0 atom stereocenters. The summed E-state index contributed by atoms with van der Waals surface area (Å²) in [4.78, 5) is 8.00. The van der Waals surface area contributed by atoms with E-state index >= 15 is 0 Å². The van der Waals surface area contributed by atoms with Crippen LogP contribution >= 0.6 is 0 Å². The van der Waals surface area contributed by atoms with Gasteiger partial charge in [0.05, 0.1) is 0 Å². The van der Waals surface area contributed by atoms with Crippen LogP contribution in [0, 0.1) is 0 Å². The Morgan fingerprint density at radius 2 is 1.77 bits per heavy atom. The third-order valence-electron chi connectivity index (χ3n) is 2.92. The van der Waals surface area contributed by atoms with Crippen molar-refractivity contribution in [1.29, 1.82) is 0 Å². The van der Waals surface area contributed by atoms with Gasteiger partial charge in [-0.3, -0.25) is 0 Å². The first-order chi connectivity index (χ1) is 6.37. The summed E-state index contributed by atoms with van der Waals surface area (Å²) in [5.41, 5.74) is 2.13. The summed E-state index contributed by atoms with van der Waals surface area (Å²) in [6.45, 7) is 4.29. The van der Waals surface area contributed by atoms with Gasteiger partial charge in [-0.05, 0) is 30.2 Å². The van der Waals surface area contributed by atoms with Gasteiger partial charge < -0.3 is 4.79 Å². The van der Waals surface area contributed by atoms with E-state index in [2.05, 4.69) is 37.3 Å². The molecule has 13 heavy (non-hydrogen) atoms. The summed E-state index contributed by atoms with van der Waals surface area (Å²) in [5, 5.41) is 0. The molecule has 1 aliphatic rings. The summed E-state index contributed by atoms with van der Waals surface area (Å²) in [7, 11) is 0. The predicted octanol–water partition coefficient (Wildman–Crippen LogP) is 2.94. The van der Waals surface area contributed by atoms with Crippen LogP contribution in [-0.2, 0) is 10.2 Å². The largest absolute Gasteiger partial charge is 0.307 e. The summed E-state index contributed by atoms with van der Waals surface area (Å²) < 4.78 is 0. The van der Waals surface area contributed by atoms with Gasteiger partial charge in [0.1, 0.15) is 6.79 Å². The first kappa shape index (κ1) is 9.97. The van der Waals surface area contributed by atoms with E-state index in [1.165, 1.54) is 19.3 Å². The summed E-state index contributed by atoms with van der Waals surface area (Å²) in [6.07, 6.45) is 4.10.